The molecule has 3 aromatic rings. The Morgan fingerprint density at radius 3 is 2.67 bits per heavy atom. The second-order valence-corrected chi connectivity index (χ2v) is 8.00. The number of aromatic nitrogens is 3. The van der Waals surface area contributed by atoms with E-state index in [4.69, 9.17) is 27.9 Å². The fourth-order valence-corrected chi connectivity index (χ4v) is 4.22. The van der Waals surface area contributed by atoms with E-state index in [1.54, 1.807) is 12.1 Å². The zero-order valence-electron chi connectivity index (χ0n) is 14.2. The molecule has 0 atom stereocenters. The minimum absolute atomic E-state index is 0.297. The number of hydrogen-bond donors (Lipinski definition) is 0. The molecule has 1 fully saturated rings. The van der Waals surface area contributed by atoms with Gasteiger partial charge in [0.2, 0.25) is 0 Å². The maximum atomic E-state index is 13.2. The van der Waals surface area contributed by atoms with Crippen molar-refractivity contribution in [2.45, 2.75) is 36.4 Å². The Morgan fingerprint density at radius 1 is 1.11 bits per heavy atom. The van der Waals surface area contributed by atoms with Crippen LogP contribution in [0.25, 0.3) is 0 Å². The van der Waals surface area contributed by atoms with Gasteiger partial charge < -0.3 is 4.74 Å². The standard InChI is InChI=1S/C19H16Cl2FN3OS/c20-15-3-1-2-4-17(15)26-10-18-23-24-19(25(18)14-7-8-14)27-11-12-5-6-13(22)9-16(12)21/h1-6,9,14H,7-8,10-11H2. The highest BCUT2D eigenvalue weighted by Crippen LogP contribution is 2.40. The summed E-state index contributed by atoms with van der Waals surface area (Å²) in [6.45, 7) is 0.297. The Balaban J connectivity index is 1.48. The van der Waals surface area contributed by atoms with E-state index in [-0.39, 0.29) is 5.82 Å². The molecule has 0 saturated heterocycles. The van der Waals surface area contributed by atoms with E-state index in [9.17, 15) is 4.39 Å². The lowest BCUT2D eigenvalue weighted by Crippen LogP contribution is -2.07. The molecule has 2 aromatic carbocycles. The van der Waals surface area contributed by atoms with Gasteiger partial charge in [-0.25, -0.2) is 4.39 Å². The van der Waals surface area contributed by atoms with E-state index >= 15 is 0 Å². The Kier molecular flexibility index (Phi) is 5.57. The van der Waals surface area contributed by atoms with Crippen LogP contribution in [-0.4, -0.2) is 14.8 Å². The molecule has 0 bridgehead atoms. The van der Waals surface area contributed by atoms with Gasteiger partial charge in [0.1, 0.15) is 18.2 Å². The highest BCUT2D eigenvalue weighted by atomic mass is 35.5. The summed E-state index contributed by atoms with van der Waals surface area (Å²) in [7, 11) is 0. The van der Waals surface area contributed by atoms with Crippen LogP contribution in [0.4, 0.5) is 4.39 Å². The van der Waals surface area contributed by atoms with Crippen LogP contribution >= 0.6 is 35.0 Å². The summed E-state index contributed by atoms with van der Waals surface area (Å²) in [5.74, 6) is 1.64. The molecule has 1 saturated carbocycles. The average molecular weight is 424 g/mol. The molecule has 1 aromatic heterocycles. The molecule has 0 unspecified atom stereocenters. The molecule has 0 spiro atoms. The number of halogens is 3. The summed E-state index contributed by atoms with van der Waals surface area (Å²) in [5.41, 5.74) is 0.863. The zero-order chi connectivity index (χ0) is 18.8. The first-order valence-corrected chi connectivity index (χ1v) is 10.2. The van der Waals surface area contributed by atoms with E-state index in [0.717, 1.165) is 29.4 Å². The van der Waals surface area contributed by atoms with Crippen molar-refractivity contribution in [3.63, 3.8) is 0 Å². The maximum Gasteiger partial charge on any atom is 0.191 e. The molecule has 1 aliphatic rings. The highest BCUT2D eigenvalue weighted by Gasteiger charge is 2.30. The van der Waals surface area contributed by atoms with Gasteiger partial charge in [0.05, 0.1) is 5.02 Å². The van der Waals surface area contributed by atoms with Gasteiger partial charge in [0.25, 0.3) is 0 Å². The number of ether oxygens (including phenoxy) is 1. The summed E-state index contributed by atoms with van der Waals surface area (Å²) in [6.07, 6.45) is 2.20. The predicted octanol–water partition coefficient (Wildman–Crippen LogP) is 5.93. The molecule has 0 amide bonds. The van der Waals surface area contributed by atoms with Crippen molar-refractivity contribution in [3.05, 3.63) is 69.7 Å². The molecule has 1 heterocycles. The molecule has 140 valence electrons. The van der Waals surface area contributed by atoms with Crippen molar-refractivity contribution in [3.8, 4) is 5.75 Å². The van der Waals surface area contributed by atoms with Crippen LogP contribution in [0.15, 0.2) is 47.6 Å². The molecule has 0 N–H and O–H groups in total. The number of rotatable bonds is 7. The SMILES string of the molecule is Fc1ccc(CSc2nnc(COc3ccccc3Cl)n2C2CC2)c(Cl)c1. The summed E-state index contributed by atoms with van der Waals surface area (Å²) < 4.78 is 21.2. The van der Waals surface area contributed by atoms with Crippen molar-refractivity contribution in [1.82, 2.24) is 14.8 Å². The van der Waals surface area contributed by atoms with Gasteiger partial charge in [-0.15, -0.1) is 10.2 Å². The topological polar surface area (TPSA) is 39.9 Å². The van der Waals surface area contributed by atoms with E-state index in [1.165, 1.54) is 23.9 Å². The number of nitrogens with zero attached hydrogens (tertiary/aromatic N) is 3. The van der Waals surface area contributed by atoms with Crippen LogP contribution in [0.2, 0.25) is 10.0 Å². The van der Waals surface area contributed by atoms with Crippen molar-refractivity contribution < 1.29 is 9.13 Å². The fraction of sp³-hybridized carbons (Fsp3) is 0.263. The van der Waals surface area contributed by atoms with Crippen LogP contribution in [-0.2, 0) is 12.4 Å². The van der Waals surface area contributed by atoms with Gasteiger partial charge in [-0.3, -0.25) is 4.57 Å². The van der Waals surface area contributed by atoms with Crippen molar-refractivity contribution in [2.24, 2.45) is 0 Å². The third kappa shape index (κ3) is 4.39. The van der Waals surface area contributed by atoms with Crippen LogP contribution in [0, 0.1) is 5.82 Å². The summed E-state index contributed by atoms with van der Waals surface area (Å²) >= 11 is 13.8. The molecule has 4 rings (SSSR count). The van der Waals surface area contributed by atoms with Gasteiger partial charge >= 0.3 is 0 Å². The summed E-state index contributed by atoms with van der Waals surface area (Å²) in [4.78, 5) is 0. The maximum absolute atomic E-state index is 13.2. The molecular formula is C19H16Cl2FN3OS. The Bertz CT molecular complexity index is 962. The van der Waals surface area contributed by atoms with E-state index in [2.05, 4.69) is 14.8 Å². The van der Waals surface area contributed by atoms with Gasteiger partial charge in [-0.05, 0) is 42.7 Å². The second-order valence-electron chi connectivity index (χ2n) is 6.24. The average Bonchev–Trinajstić information content (AvgIpc) is 3.41. The Hall–Kier alpha value is -1.76. The normalized spacial score (nSPS) is 13.7. The highest BCUT2D eigenvalue weighted by molar-refractivity contribution is 7.98. The van der Waals surface area contributed by atoms with Crippen LogP contribution in [0.3, 0.4) is 0 Å². The first kappa shape index (κ1) is 18.6. The van der Waals surface area contributed by atoms with Gasteiger partial charge in [-0.2, -0.15) is 0 Å². The fourth-order valence-electron chi connectivity index (χ4n) is 2.69. The predicted molar refractivity (Wildman–Crippen MR) is 105 cm³/mol. The number of benzene rings is 2. The molecule has 0 radical (unpaired) electrons. The molecular weight excluding hydrogens is 408 g/mol. The van der Waals surface area contributed by atoms with Crippen molar-refractivity contribution in [2.75, 3.05) is 0 Å². The quantitative estimate of drug-likeness (QED) is 0.441. The lowest BCUT2D eigenvalue weighted by Gasteiger charge is -2.11. The number of thioether (sulfide) groups is 1. The molecule has 4 nitrogen and oxygen atoms in total. The third-order valence-corrected chi connectivity index (χ3v) is 5.87. The Morgan fingerprint density at radius 2 is 1.93 bits per heavy atom. The minimum Gasteiger partial charge on any atom is -0.484 e. The smallest absolute Gasteiger partial charge is 0.191 e. The monoisotopic (exact) mass is 423 g/mol. The second kappa shape index (κ2) is 8.09. The molecule has 0 aliphatic heterocycles. The number of para-hydroxylation sites is 1. The third-order valence-electron chi connectivity index (χ3n) is 4.21. The molecule has 1 aliphatic carbocycles. The van der Waals surface area contributed by atoms with E-state index in [1.807, 2.05) is 18.2 Å². The van der Waals surface area contributed by atoms with Crippen molar-refractivity contribution >= 4 is 35.0 Å². The molecule has 8 heteroatoms. The largest absolute Gasteiger partial charge is 0.484 e. The number of hydrogen-bond acceptors (Lipinski definition) is 4. The minimum atomic E-state index is -0.339. The van der Waals surface area contributed by atoms with Crippen molar-refractivity contribution in [1.29, 1.82) is 0 Å². The summed E-state index contributed by atoms with van der Waals surface area (Å²) in [5, 5.41) is 10.4. The van der Waals surface area contributed by atoms with Gasteiger partial charge in [0.15, 0.2) is 11.0 Å². The lowest BCUT2D eigenvalue weighted by atomic mass is 10.2. The van der Waals surface area contributed by atoms with Crippen LogP contribution in [0.1, 0.15) is 30.3 Å². The van der Waals surface area contributed by atoms with Gasteiger partial charge in [-0.1, -0.05) is 53.2 Å². The summed E-state index contributed by atoms with van der Waals surface area (Å²) in [6, 6.07) is 12.2. The van der Waals surface area contributed by atoms with Crippen LogP contribution < -0.4 is 4.74 Å². The Labute approximate surface area is 170 Å². The zero-order valence-corrected chi connectivity index (χ0v) is 16.6. The van der Waals surface area contributed by atoms with E-state index in [0.29, 0.717) is 34.2 Å². The first-order valence-electron chi connectivity index (χ1n) is 8.49. The van der Waals surface area contributed by atoms with Gasteiger partial charge in [0, 0.05) is 16.8 Å². The molecule has 27 heavy (non-hydrogen) atoms. The lowest BCUT2D eigenvalue weighted by molar-refractivity contribution is 0.288. The van der Waals surface area contributed by atoms with Crippen LogP contribution in [0.5, 0.6) is 5.75 Å². The first-order chi connectivity index (χ1) is 13.1. The van der Waals surface area contributed by atoms with E-state index < -0.39 is 0 Å².